The Morgan fingerprint density at radius 2 is 2.11 bits per heavy atom. The molecule has 1 fully saturated rings. The first-order chi connectivity index (χ1) is 9.08. The molecule has 1 saturated heterocycles. The van der Waals surface area contributed by atoms with Crippen LogP contribution in [0.15, 0.2) is 17.5 Å². The van der Waals surface area contributed by atoms with Gasteiger partial charge in [-0.05, 0) is 36.8 Å². The summed E-state index contributed by atoms with van der Waals surface area (Å²) in [5, 5.41) is 5.92. The minimum Gasteiger partial charge on any atom is -0.311 e. The molecule has 108 valence electrons. The molecule has 1 aromatic heterocycles. The third kappa shape index (κ3) is 4.04. The SMILES string of the molecule is CC(C)NC1CCCN(C(c2cccs2)C(C)C)C1. The van der Waals surface area contributed by atoms with Crippen LogP contribution < -0.4 is 5.32 Å². The van der Waals surface area contributed by atoms with Crippen molar-refractivity contribution in [2.24, 2.45) is 5.92 Å². The summed E-state index contributed by atoms with van der Waals surface area (Å²) in [5.74, 6) is 0.677. The van der Waals surface area contributed by atoms with E-state index in [1.165, 1.54) is 30.8 Å². The molecular formula is C16H28N2S. The van der Waals surface area contributed by atoms with Crippen LogP contribution in [0.2, 0.25) is 0 Å². The van der Waals surface area contributed by atoms with E-state index in [2.05, 4.69) is 55.4 Å². The molecule has 0 aliphatic carbocycles. The molecule has 3 heteroatoms. The number of hydrogen-bond donors (Lipinski definition) is 1. The van der Waals surface area contributed by atoms with Crippen LogP contribution in [0.3, 0.4) is 0 Å². The van der Waals surface area contributed by atoms with Crippen LogP contribution in [0, 0.1) is 5.92 Å². The summed E-state index contributed by atoms with van der Waals surface area (Å²) in [4.78, 5) is 4.22. The molecule has 2 unspecified atom stereocenters. The largest absolute Gasteiger partial charge is 0.311 e. The van der Waals surface area contributed by atoms with Gasteiger partial charge in [-0.3, -0.25) is 4.90 Å². The van der Waals surface area contributed by atoms with Crippen LogP contribution in [0.25, 0.3) is 0 Å². The third-order valence-corrected chi connectivity index (χ3v) is 4.82. The Bertz CT molecular complexity index is 359. The maximum atomic E-state index is 3.71. The fourth-order valence-corrected chi connectivity index (χ4v) is 4.29. The van der Waals surface area contributed by atoms with E-state index in [4.69, 9.17) is 0 Å². The van der Waals surface area contributed by atoms with Gasteiger partial charge in [0.2, 0.25) is 0 Å². The van der Waals surface area contributed by atoms with E-state index in [1.807, 2.05) is 11.3 Å². The first kappa shape index (κ1) is 15.0. The maximum absolute atomic E-state index is 3.71. The van der Waals surface area contributed by atoms with Gasteiger partial charge in [0.25, 0.3) is 0 Å². The van der Waals surface area contributed by atoms with Gasteiger partial charge in [0.05, 0.1) is 0 Å². The van der Waals surface area contributed by atoms with E-state index < -0.39 is 0 Å². The Labute approximate surface area is 122 Å². The summed E-state index contributed by atoms with van der Waals surface area (Å²) >= 11 is 1.91. The Hall–Kier alpha value is -0.380. The second-order valence-electron chi connectivity index (χ2n) is 6.36. The Kier molecular flexibility index (Phi) is 5.43. The van der Waals surface area contributed by atoms with Gasteiger partial charge >= 0.3 is 0 Å². The maximum Gasteiger partial charge on any atom is 0.0465 e. The summed E-state index contributed by atoms with van der Waals surface area (Å²) in [6.07, 6.45) is 2.64. The number of thiophene rings is 1. The molecule has 0 saturated carbocycles. The summed E-state index contributed by atoms with van der Waals surface area (Å²) in [7, 11) is 0. The molecule has 0 amide bonds. The summed E-state index contributed by atoms with van der Waals surface area (Å²) in [6.45, 7) is 11.6. The lowest BCUT2D eigenvalue weighted by Crippen LogP contribution is -2.49. The topological polar surface area (TPSA) is 15.3 Å². The standard InChI is InChI=1S/C16H28N2S/c1-12(2)16(15-8-6-10-19-15)18-9-5-7-14(11-18)17-13(3)4/h6,8,10,12-14,16-17H,5,7,9,11H2,1-4H3. The molecule has 2 rings (SSSR count). The van der Waals surface area contributed by atoms with Crippen molar-refractivity contribution < 1.29 is 0 Å². The Morgan fingerprint density at radius 1 is 1.32 bits per heavy atom. The second-order valence-corrected chi connectivity index (χ2v) is 7.34. The van der Waals surface area contributed by atoms with Crippen molar-refractivity contribution in [3.05, 3.63) is 22.4 Å². The Balaban J connectivity index is 2.05. The van der Waals surface area contributed by atoms with Gasteiger partial charge in [0, 0.05) is 29.5 Å². The monoisotopic (exact) mass is 280 g/mol. The fourth-order valence-electron chi connectivity index (χ4n) is 3.26. The van der Waals surface area contributed by atoms with Crippen molar-refractivity contribution in [1.82, 2.24) is 10.2 Å². The van der Waals surface area contributed by atoms with Crippen molar-refractivity contribution in [3.8, 4) is 0 Å². The first-order valence-corrected chi connectivity index (χ1v) is 8.49. The van der Waals surface area contributed by atoms with E-state index >= 15 is 0 Å². The molecule has 1 aliphatic rings. The summed E-state index contributed by atoms with van der Waals surface area (Å²) in [5.41, 5.74) is 0. The van der Waals surface area contributed by atoms with E-state index in [1.54, 1.807) is 0 Å². The van der Waals surface area contributed by atoms with Gasteiger partial charge in [-0.2, -0.15) is 0 Å². The van der Waals surface area contributed by atoms with E-state index in [0.29, 0.717) is 24.0 Å². The van der Waals surface area contributed by atoms with Crippen LogP contribution in [0.1, 0.15) is 51.5 Å². The molecule has 2 atom stereocenters. The van der Waals surface area contributed by atoms with E-state index in [-0.39, 0.29) is 0 Å². The molecule has 0 spiro atoms. The molecule has 2 heterocycles. The van der Waals surface area contributed by atoms with Crippen LogP contribution in [-0.2, 0) is 0 Å². The molecule has 1 N–H and O–H groups in total. The highest BCUT2D eigenvalue weighted by Crippen LogP contribution is 2.33. The van der Waals surface area contributed by atoms with Crippen LogP contribution >= 0.6 is 11.3 Å². The lowest BCUT2D eigenvalue weighted by molar-refractivity contribution is 0.107. The molecule has 0 bridgehead atoms. The highest BCUT2D eigenvalue weighted by molar-refractivity contribution is 7.10. The second kappa shape index (κ2) is 6.87. The number of piperidine rings is 1. The van der Waals surface area contributed by atoms with Gasteiger partial charge in [-0.15, -0.1) is 11.3 Å². The predicted molar refractivity (Wildman–Crippen MR) is 84.8 cm³/mol. The van der Waals surface area contributed by atoms with Crippen molar-refractivity contribution in [1.29, 1.82) is 0 Å². The quantitative estimate of drug-likeness (QED) is 0.880. The average molecular weight is 280 g/mol. The zero-order chi connectivity index (χ0) is 13.8. The van der Waals surface area contributed by atoms with Crippen LogP contribution in [0.5, 0.6) is 0 Å². The molecule has 1 aromatic rings. The third-order valence-electron chi connectivity index (χ3n) is 3.88. The lowest BCUT2D eigenvalue weighted by atomic mass is 9.96. The van der Waals surface area contributed by atoms with Crippen molar-refractivity contribution in [2.75, 3.05) is 13.1 Å². The highest BCUT2D eigenvalue weighted by Gasteiger charge is 2.29. The molecule has 2 nitrogen and oxygen atoms in total. The van der Waals surface area contributed by atoms with Crippen molar-refractivity contribution in [3.63, 3.8) is 0 Å². The molecule has 1 aliphatic heterocycles. The number of likely N-dealkylation sites (tertiary alicyclic amines) is 1. The van der Waals surface area contributed by atoms with Crippen molar-refractivity contribution >= 4 is 11.3 Å². The average Bonchev–Trinajstić information content (AvgIpc) is 2.82. The Morgan fingerprint density at radius 3 is 2.68 bits per heavy atom. The van der Waals surface area contributed by atoms with Gasteiger partial charge < -0.3 is 5.32 Å². The van der Waals surface area contributed by atoms with E-state index in [0.717, 1.165) is 0 Å². The zero-order valence-corrected chi connectivity index (χ0v) is 13.5. The van der Waals surface area contributed by atoms with Crippen LogP contribution in [0.4, 0.5) is 0 Å². The van der Waals surface area contributed by atoms with E-state index in [9.17, 15) is 0 Å². The number of nitrogens with zero attached hydrogens (tertiary/aromatic N) is 1. The van der Waals surface area contributed by atoms with Gasteiger partial charge in [0.1, 0.15) is 0 Å². The smallest absolute Gasteiger partial charge is 0.0465 e. The first-order valence-electron chi connectivity index (χ1n) is 7.61. The normalized spacial score (nSPS) is 23.2. The summed E-state index contributed by atoms with van der Waals surface area (Å²) in [6, 6.07) is 6.33. The minimum atomic E-state index is 0.587. The number of rotatable bonds is 5. The minimum absolute atomic E-state index is 0.587. The fraction of sp³-hybridized carbons (Fsp3) is 0.750. The molecule has 0 radical (unpaired) electrons. The van der Waals surface area contributed by atoms with Gasteiger partial charge in [-0.1, -0.05) is 33.8 Å². The van der Waals surface area contributed by atoms with Crippen LogP contribution in [-0.4, -0.2) is 30.1 Å². The van der Waals surface area contributed by atoms with Gasteiger partial charge in [0.15, 0.2) is 0 Å². The predicted octanol–water partition coefficient (Wildman–Crippen LogP) is 3.91. The molecular weight excluding hydrogens is 252 g/mol. The lowest BCUT2D eigenvalue weighted by Gasteiger charge is -2.40. The van der Waals surface area contributed by atoms with Gasteiger partial charge in [-0.25, -0.2) is 0 Å². The van der Waals surface area contributed by atoms with Crippen molar-refractivity contribution in [2.45, 2.75) is 58.7 Å². The highest BCUT2D eigenvalue weighted by atomic mass is 32.1. The number of nitrogens with one attached hydrogen (secondary N) is 1. The molecule has 0 aromatic carbocycles. The number of hydrogen-bond acceptors (Lipinski definition) is 3. The summed E-state index contributed by atoms with van der Waals surface area (Å²) < 4.78 is 0. The molecule has 19 heavy (non-hydrogen) atoms. The zero-order valence-electron chi connectivity index (χ0n) is 12.7.